The quantitative estimate of drug-likeness (QED) is 0.275. The summed E-state index contributed by atoms with van der Waals surface area (Å²) in [5.74, 6) is 0. The van der Waals surface area contributed by atoms with Gasteiger partial charge in [-0.25, -0.2) is 0 Å². The molecule has 3 atom stereocenters. The van der Waals surface area contributed by atoms with Crippen molar-refractivity contribution >= 4 is 7.82 Å². The van der Waals surface area contributed by atoms with E-state index in [-0.39, 0.29) is 59.1 Å². The first-order chi connectivity index (χ1) is 6.28. The second-order valence-corrected chi connectivity index (χ2v) is 3.70. The molecule has 0 radical (unpaired) electrons. The molecule has 0 fully saturated rings. The van der Waals surface area contributed by atoms with Gasteiger partial charge in [0.1, 0.15) is 18.3 Å². The minimum atomic E-state index is -5.21. The standard InChI is InChI=1S/C5H13O8P.2Na/c6-1-3(7)5(9)4(8)2-13-14(10,11)12;;/h3-9H,1-2H2,(H2,10,11,12);;/q;2*+1/p-2/t3-,4+,5+;;/m0../s1. The summed E-state index contributed by atoms with van der Waals surface area (Å²) in [5.41, 5.74) is 0. The molecule has 0 unspecified atom stereocenters. The zero-order chi connectivity index (χ0) is 11.4. The largest absolute Gasteiger partial charge is 1.00 e. The van der Waals surface area contributed by atoms with Gasteiger partial charge >= 0.3 is 59.1 Å². The third-order valence-corrected chi connectivity index (χ3v) is 1.84. The molecule has 86 valence electrons. The van der Waals surface area contributed by atoms with Gasteiger partial charge in [0.25, 0.3) is 0 Å². The van der Waals surface area contributed by atoms with Crippen LogP contribution in [0.15, 0.2) is 0 Å². The zero-order valence-corrected chi connectivity index (χ0v) is 13.9. The van der Waals surface area contributed by atoms with Crippen LogP contribution in [0, 0.1) is 0 Å². The topological polar surface area (TPSA) is 153 Å². The Hall–Kier alpha value is 1.95. The average Bonchev–Trinajstić information content (AvgIpc) is 2.10. The maximum atomic E-state index is 9.94. The zero-order valence-electron chi connectivity index (χ0n) is 9.02. The molecule has 0 amide bonds. The molecule has 4 N–H and O–H groups in total. The fraction of sp³-hybridized carbons (Fsp3) is 1.00. The number of rotatable bonds is 6. The molecule has 0 heterocycles. The monoisotopic (exact) mass is 276 g/mol. The van der Waals surface area contributed by atoms with Gasteiger partial charge in [0, 0.05) is 0 Å². The van der Waals surface area contributed by atoms with Crippen LogP contribution in [-0.2, 0) is 9.09 Å². The molecule has 11 heteroatoms. The van der Waals surface area contributed by atoms with E-state index in [1.807, 2.05) is 0 Å². The van der Waals surface area contributed by atoms with Crippen LogP contribution in [-0.4, -0.2) is 52.0 Å². The van der Waals surface area contributed by atoms with E-state index in [2.05, 4.69) is 4.52 Å². The third-order valence-electron chi connectivity index (χ3n) is 1.38. The van der Waals surface area contributed by atoms with Crippen molar-refractivity contribution in [1.82, 2.24) is 0 Å². The van der Waals surface area contributed by atoms with E-state index in [9.17, 15) is 14.4 Å². The normalized spacial score (nSPS) is 16.6. The Morgan fingerprint density at radius 2 is 1.56 bits per heavy atom. The van der Waals surface area contributed by atoms with E-state index in [1.54, 1.807) is 0 Å². The Balaban J connectivity index is -0.000000845. The average molecular weight is 276 g/mol. The van der Waals surface area contributed by atoms with Crippen molar-refractivity contribution < 1.29 is 98.4 Å². The van der Waals surface area contributed by atoms with Crippen molar-refractivity contribution in [3.8, 4) is 0 Å². The first-order valence-corrected chi connectivity index (χ1v) is 5.05. The molecule has 16 heavy (non-hydrogen) atoms. The van der Waals surface area contributed by atoms with Crippen molar-refractivity contribution in [2.75, 3.05) is 13.2 Å². The van der Waals surface area contributed by atoms with Crippen LogP contribution in [0.25, 0.3) is 0 Å². The molecule has 0 aliphatic rings. The number of phosphoric acid groups is 1. The Kier molecular flexibility index (Phi) is 15.6. The molecule has 0 aromatic rings. The maximum absolute atomic E-state index is 9.94. The summed E-state index contributed by atoms with van der Waals surface area (Å²) in [6.45, 7) is -1.78. The van der Waals surface area contributed by atoms with Crippen molar-refractivity contribution in [2.45, 2.75) is 18.3 Å². The second kappa shape index (κ2) is 10.8. The molecule has 0 aromatic heterocycles. The van der Waals surface area contributed by atoms with Crippen molar-refractivity contribution in [3.05, 3.63) is 0 Å². The Labute approximate surface area is 136 Å². The molecule has 0 aliphatic carbocycles. The molecule has 0 aliphatic heterocycles. The summed E-state index contributed by atoms with van der Waals surface area (Å²) >= 11 is 0. The molecule has 0 spiro atoms. The second-order valence-electron chi connectivity index (χ2n) is 2.55. The fourth-order valence-corrected chi connectivity index (χ4v) is 0.966. The third kappa shape index (κ3) is 11.1. The van der Waals surface area contributed by atoms with Gasteiger partial charge in [-0.2, -0.15) is 0 Å². The fourth-order valence-electron chi connectivity index (χ4n) is 0.631. The van der Waals surface area contributed by atoms with Crippen LogP contribution >= 0.6 is 7.82 Å². The molecular formula is C5H11Na2O8P. The van der Waals surface area contributed by atoms with Gasteiger partial charge in [-0.3, -0.25) is 0 Å². The van der Waals surface area contributed by atoms with Gasteiger partial charge in [0.15, 0.2) is 0 Å². The smallest absolute Gasteiger partial charge is 0.790 e. The van der Waals surface area contributed by atoms with Crippen LogP contribution in [0.1, 0.15) is 0 Å². The van der Waals surface area contributed by atoms with Crippen LogP contribution in [0.2, 0.25) is 0 Å². The minimum Gasteiger partial charge on any atom is -0.790 e. The maximum Gasteiger partial charge on any atom is 1.00 e. The van der Waals surface area contributed by atoms with Crippen LogP contribution in [0.5, 0.6) is 0 Å². The van der Waals surface area contributed by atoms with Crippen LogP contribution < -0.4 is 68.9 Å². The van der Waals surface area contributed by atoms with Crippen molar-refractivity contribution in [3.63, 3.8) is 0 Å². The molecular weight excluding hydrogens is 265 g/mol. The summed E-state index contributed by atoms with van der Waals surface area (Å²) in [7, 11) is -5.21. The Morgan fingerprint density at radius 3 is 1.88 bits per heavy atom. The molecule has 0 saturated carbocycles. The van der Waals surface area contributed by atoms with Gasteiger partial charge in [-0.1, -0.05) is 0 Å². The number of aliphatic hydroxyl groups excluding tert-OH is 4. The van der Waals surface area contributed by atoms with Gasteiger partial charge in [0.2, 0.25) is 0 Å². The minimum absolute atomic E-state index is 0. The molecule has 0 aromatic carbocycles. The molecule has 0 bridgehead atoms. The van der Waals surface area contributed by atoms with E-state index in [1.165, 1.54) is 0 Å². The first-order valence-electron chi connectivity index (χ1n) is 3.59. The van der Waals surface area contributed by atoms with Crippen LogP contribution in [0.4, 0.5) is 0 Å². The summed E-state index contributed by atoms with van der Waals surface area (Å²) in [6.07, 6.45) is -5.19. The van der Waals surface area contributed by atoms with Crippen molar-refractivity contribution in [2.24, 2.45) is 0 Å². The van der Waals surface area contributed by atoms with E-state index in [0.717, 1.165) is 0 Å². The molecule has 0 rings (SSSR count). The molecule has 0 saturated heterocycles. The van der Waals surface area contributed by atoms with Crippen molar-refractivity contribution in [1.29, 1.82) is 0 Å². The van der Waals surface area contributed by atoms with E-state index in [0.29, 0.717) is 0 Å². The number of phosphoric ester groups is 1. The van der Waals surface area contributed by atoms with E-state index in [4.69, 9.17) is 20.4 Å². The van der Waals surface area contributed by atoms with E-state index < -0.39 is 39.3 Å². The summed E-state index contributed by atoms with van der Waals surface area (Å²) in [5, 5.41) is 35.0. The number of aliphatic hydroxyl groups is 4. The Morgan fingerprint density at radius 1 is 1.12 bits per heavy atom. The Bertz CT molecular complexity index is 211. The van der Waals surface area contributed by atoms with Gasteiger partial charge in [-0.05, 0) is 0 Å². The van der Waals surface area contributed by atoms with Gasteiger partial charge < -0.3 is 39.3 Å². The number of hydrogen-bond acceptors (Lipinski definition) is 8. The molecule has 8 nitrogen and oxygen atoms in total. The summed E-state index contributed by atoms with van der Waals surface area (Å²) in [6, 6.07) is 0. The summed E-state index contributed by atoms with van der Waals surface area (Å²) < 4.78 is 13.6. The SMILES string of the molecule is O=P([O-])([O-])OC[C@@H](O)[C@H](O)[C@@H](O)CO.[Na+].[Na+]. The predicted molar refractivity (Wildman–Crippen MR) is 38.7 cm³/mol. The summed E-state index contributed by atoms with van der Waals surface area (Å²) in [4.78, 5) is 19.9. The van der Waals surface area contributed by atoms with E-state index >= 15 is 0 Å². The van der Waals surface area contributed by atoms with Gasteiger partial charge in [-0.15, -0.1) is 0 Å². The first kappa shape index (κ1) is 23.1. The predicted octanol–water partition coefficient (Wildman–Crippen LogP) is -10.1. The van der Waals surface area contributed by atoms with Crippen LogP contribution in [0.3, 0.4) is 0 Å². The van der Waals surface area contributed by atoms with Gasteiger partial charge in [0.05, 0.1) is 21.0 Å². The number of hydrogen-bond donors (Lipinski definition) is 4.